The highest BCUT2D eigenvalue weighted by molar-refractivity contribution is 7.98. The normalized spacial score (nSPS) is 9.53. The molecule has 1 heterocycles. The molecule has 0 atom stereocenters. The first kappa shape index (κ1) is 11.9. The van der Waals surface area contributed by atoms with Gasteiger partial charge in [0.25, 0.3) is 0 Å². The van der Waals surface area contributed by atoms with Gasteiger partial charge in [-0.25, -0.2) is 0 Å². The largest absolute Gasteiger partial charge is 0.398 e. The molecule has 15 heavy (non-hydrogen) atoms. The fourth-order valence-corrected chi connectivity index (χ4v) is 1.71. The summed E-state index contributed by atoms with van der Waals surface area (Å²) in [6.45, 7) is 4.00. The van der Waals surface area contributed by atoms with Gasteiger partial charge in [0.1, 0.15) is 0 Å². The van der Waals surface area contributed by atoms with Crippen molar-refractivity contribution in [1.82, 2.24) is 4.98 Å². The number of benzene rings is 1. The molecule has 80 valence electrons. The lowest BCUT2D eigenvalue weighted by molar-refractivity contribution is 1.39. The predicted molar refractivity (Wildman–Crippen MR) is 69.3 cm³/mol. The Morgan fingerprint density at radius 3 is 2.60 bits per heavy atom. The Morgan fingerprint density at radius 1 is 1.20 bits per heavy atom. The smallest absolute Gasteiger partial charge is 0.0723 e. The van der Waals surface area contributed by atoms with E-state index in [9.17, 15) is 0 Å². The first-order valence-corrected chi connectivity index (χ1v) is 6.22. The van der Waals surface area contributed by atoms with Crippen LogP contribution in [0.25, 0.3) is 10.9 Å². The van der Waals surface area contributed by atoms with Gasteiger partial charge in [-0.15, -0.1) is 11.8 Å². The van der Waals surface area contributed by atoms with Crippen LogP contribution >= 0.6 is 11.8 Å². The molecule has 0 aliphatic carbocycles. The molecule has 2 N–H and O–H groups in total. The number of hydrogen-bond acceptors (Lipinski definition) is 3. The van der Waals surface area contributed by atoms with Crippen molar-refractivity contribution in [3.63, 3.8) is 0 Å². The molecular weight excluding hydrogens is 204 g/mol. The van der Waals surface area contributed by atoms with Crippen LogP contribution in [0.1, 0.15) is 13.8 Å². The second-order valence-corrected chi connectivity index (χ2v) is 3.66. The maximum Gasteiger partial charge on any atom is 0.0723 e. The number of rotatable bonds is 1. The molecular formula is C12H16N2S. The van der Waals surface area contributed by atoms with Crippen LogP contribution in [0, 0.1) is 0 Å². The van der Waals surface area contributed by atoms with E-state index in [1.165, 1.54) is 4.90 Å². The van der Waals surface area contributed by atoms with Crippen LogP contribution in [-0.2, 0) is 0 Å². The average Bonchev–Trinajstić information content (AvgIpc) is 2.32. The lowest BCUT2D eigenvalue weighted by Gasteiger charge is -2.02. The highest BCUT2D eigenvalue weighted by atomic mass is 32.2. The summed E-state index contributed by atoms with van der Waals surface area (Å²) in [5, 5.41) is 1.04. The molecule has 1 aromatic heterocycles. The number of aromatic nitrogens is 1. The number of nitrogens with two attached hydrogens (primary N) is 1. The number of fused-ring (bicyclic) bond motifs is 1. The van der Waals surface area contributed by atoms with E-state index in [0.29, 0.717) is 0 Å². The summed E-state index contributed by atoms with van der Waals surface area (Å²) in [6, 6.07) is 7.95. The molecule has 0 saturated heterocycles. The maximum atomic E-state index is 5.83. The van der Waals surface area contributed by atoms with E-state index in [4.69, 9.17) is 5.73 Å². The fourth-order valence-electron chi connectivity index (χ4n) is 1.27. The van der Waals surface area contributed by atoms with Crippen molar-refractivity contribution < 1.29 is 0 Å². The molecule has 2 rings (SSSR count). The van der Waals surface area contributed by atoms with Crippen LogP contribution in [0.4, 0.5) is 5.69 Å². The Labute approximate surface area is 94.9 Å². The van der Waals surface area contributed by atoms with Crippen LogP contribution in [0.3, 0.4) is 0 Å². The average molecular weight is 220 g/mol. The van der Waals surface area contributed by atoms with Crippen molar-refractivity contribution >= 4 is 28.4 Å². The monoisotopic (exact) mass is 220 g/mol. The third kappa shape index (κ3) is 2.63. The molecule has 0 bridgehead atoms. The summed E-state index contributed by atoms with van der Waals surface area (Å²) in [5.41, 5.74) is 7.58. The lowest BCUT2D eigenvalue weighted by atomic mass is 10.2. The zero-order chi connectivity index (χ0) is 11.3. The molecule has 0 aliphatic heterocycles. The maximum absolute atomic E-state index is 5.83. The Hall–Kier alpha value is -1.22. The molecule has 2 nitrogen and oxygen atoms in total. The summed E-state index contributed by atoms with van der Waals surface area (Å²) in [5.74, 6) is 0. The molecule has 0 unspecified atom stereocenters. The van der Waals surface area contributed by atoms with Crippen molar-refractivity contribution in [1.29, 1.82) is 0 Å². The molecule has 0 radical (unpaired) electrons. The van der Waals surface area contributed by atoms with Gasteiger partial charge in [-0.2, -0.15) is 0 Å². The molecule has 2 aromatic rings. The summed E-state index contributed by atoms with van der Waals surface area (Å²) >= 11 is 1.71. The van der Waals surface area contributed by atoms with Crippen LogP contribution < -0.4 is 5.73 Å². The Morgan fingerprint density at radius 2 is 1.93 bits per heavy atom. The number of nitrogen functional groups attached to an aromatic ring is 1. The van der Waals surface area contributed by atoms with Gasteiger partial charge in [0.05, 0.1) is 5.52 Å². The minimum Gasteiger partial charge on any atom is -0.398 e. The number of thioether (sulfide) groups is 1. The van der Waals surface area contributed by atoms with Crippen LogP contribution in [0.15, 0.2) is 35.4 Å². The van der Waals surface area contributed by atoms with E-state index in [2.05, 4.69) is 17.1 Å². The van der Waals surface area contributed by atoms with E-state index < -0.39 is 0 Å². The van der Waals surface area contributed by atoms with Crippen molar-refractivity contribution in [2.24, 2.45) is 0 Å². The van der Waals surface area contributed by atoms with E-state index in [-0.39, 0.29) is 0 Å². The number of hydrogen-bond donors (Lipinski definition) is 1. The summed E-state index contributed by atoms with van der Waals surface area (Å²) in [7, 11) is 0. The summed E-state index contributed by atoms with van der Waals surface area (Å²) in [6.07, 6.45) is 3.78. The van der Waals surface area contributed by atoms with Crippen molar-refractivity contribution in [3.05, 3.63) is 30.5 Å². The zero-order valence-electron chi connectivity index (χ0n) is 9.32. The third-order valence-corrected chi connectivity index (χ3v) is 2.71. The van der Waals surface area contributed by atoms with E-state index in [1.54, 1.807) is 18.0 Å². The van der Waals surface area contributed by atoms with Gasteiger partial charge in [-0.05, 0) is 30.5 Å². The number of nitrogens with zero attached hydrogens (tertiary/aromatic N) is 1. The Bertz CT molecular complexity index is 441. The highest BCUT2D eigenvalue weighted by Crippen LogP contribution is 2.24. The lowest BCUT2D eigenvalue weighted by Crippen LogP contribution is -1.88. The Kier molecular flexibility index (Phi) is 4.43. The quantitative estimate of drug-likeness (QED) is 0.747. The number of pyridine rings is 1. The molecule has 0 fully saturated rings. The van der Waals surface area contributed by atoms with Gasteiger partial charge in [0.2, 0.25) is 0 Å². The highest BCUT2D eigenvalue weighted by Gasteiger charge is 1.99. The van der Waals surface area contributed by atoms with E-state index >= 15 is 0 Å². The summed E-state index contributed by atoms with van der Waals surface area (Å²) < 4.78 is 0. The van der Waals surface area contributed by atoms with E-state index in [1.807, 2.05) is 32.2 Å². The Balaban J connectivity index is 0.000000531. The van der Waals surface area contributed by atoms with Crippen LogP contribution in [0.5, 0.6) is 0 Å². The van der Waals surface area contributed by atoms with Gasteiger partial charge >= 0.3 is 0 Å². The van der Waals surface area contributed by atoms with Gasteiger partial charge in [0, 0.05) is 22.2 Å². The van der Waals surface area contributed by atoms with Crippen molar-refractivity contribution in [2.75, 3.05) is 12.0 Å². The second-order valence-electron chi connectivity index (χ2n) is 2.78. The molecule has 0 amide bonds. The van der Waals surface area contributed by atoms with Crippen LogP contribution in [0.2, 0.25) is 0 Å². The summed E-state index contributed by atoms with van der Waals surface area (Å²) in [4.78, 5) is 5.44. The minimum absolute atomic E-state index is 0.793. The van der Waals surface area contributed by atoms with Gasteiger partial charge in [-0.3, -0.25) is 4.98 Å². The third-order valence-electron chi connectivity index (χ3n) is 1.98. The first-order valence-electron chi connectivity index (χ1n) is 4.99. The minimum atomic E-state index is 0.793. The first-order chi connectivity index (χ1) is 7.31. The van der Waals surface area contributed by atoms with Gasteiger partial charge < -0.3 is 5.73 Å². The molecule has 0 aliphatic rings. The molecule has 0 saturated carbocycles. The standard InChI is InChI=1S/C10H10N2S.C2H6/c1-13-7-2-3-10-8(6-7)9(11)4-5-12-10;1-2/h2-6H,1H3,(H2,11,12);1-2H3. The molecule has 0 spiro atoms. The van der Waals surface area contributed by atoms with Gasteiger partial charge in [0.15, 0.2) is 0 Å². The van der Waals surface area contributed by atoms with E-state index in [0.717, 1.165) is 16.6 Å². The topological polar surface area (TPSA) is 38.9 Å². The fraction of sp³-hybridized carbons (Fsp3) is 0.250. The SMILES string of the molecule is CC.CSc1ccc2nccc(N)c2c1. The zero-order valence-corrected chi connectivity index (χ0v) is 10.1. The van der Waals surface area contributed by atoms with Crippen LogP contribution in [-0.4, -0.2) is 11.2 Å². The van der Waals surface area contributed by atoms with Crippen molar-refractivity contribution in [3.8, 4) is 0 Å². The molecule has 3 heteroatoms. The van der Waals surface area contributed by atoms with Gasteiger partial charge in [-0.1, -0.05) is 13.8 Å². The number of anilines is 1. The van der Waals surface area contributed by atoms with Crippen molar-refractivity contribution in [2.45, 2.75) is 18.7 Å². The second kappa shape index (κ2) is 5.61. The molecule has 1 aromatic carbocycles. The predicted octanol–water partition coefficient (Wildman–Crippen LogP) is 3.57.